The van der Waals surface area contributed by atoms with Crippen molar-refractivity contribution in [2.24, 2.45) is 0 Å². The van der Waals surface area contributed by atoms with E-state index in [1.54, 1.807) is 6.08 Å². The number of unbranched alkanes of at least 4 members (excludes halogenated alkanes) is 1. The molecule has 0 aliphatic carbocycles. The Morgan fingerprint density at radius 1 is 1.35 bits per heavy atom. The summed E-state index contributed by atoms with van der Waals surface area (Å²) < 4.78 is 1.06. The Balaban J connectivity index is 2.11. The maximum absolute atomic E-state index is 12.4. The molecule has 31 heavy (non-hydrogen) atoms. The molecule has 6 heteroatoms. The molecular weight excluding hydrogens is 386 g/mol. The van der Waals surface area contributed by atoms with Gasteiger partial charge in [0.05, 0.1) is 11.7 Å². The highest BCUT2D eigenvalue weighted by Gasteiger charge is 2.12. The van der Waals surface area contributed by atoms with Crippen LogP contribution >= 0.6 is 0 Å². The smallest absolute Gasteiger partial charge is 0.273 e. The molecule has 4 N–H and O–H groups in total. The van der Waals surface area contributed by atoms with Gasteiger partial charge in [0.25, 0.3) is 5.56 Å². The predicted molar refractivity (Wildman–Crippen MR) is 131 cm³/mol. The number of hydrogen-bond donors (Lipinski definition) is 3. The average Bonchev–Trinajstić information content (AvgIpc) is 2.74. The standard InChI is InChI=1S/C25H35N5O/c1-6-8-12-19(4)23(10-7-2)27-15-14-22-17-24(31)30(26)25(29-22)28-20(5)21-13-9-11-18(3)16-21/h7,9-13,16-17,20,27H,2,6,8,14-15,26H2,1,3-5H3,(H,28,29)/b19-12-,23-10+. The second-order valence-electron chi connectivity index (χ2n) is 7.73. The van der Waals surface area contributed by atoms with Crippen LogP contribution < -0.4 is 22.0 Å². The summed E-state index contributed by atoms with van der Waals surface area (Å²) in [5.74, 6) is 6.30. The minimum atomic E-state index is -0.287. The van der Waals surface area contributed by atoms with Crippen LogP contribution in [0, 0.1) is 6.92 Å². The molecule has 0 fully saturated rings. The summed E-state index contributed by atoms with van der Waals surface area (Å²) in [6.45, 7) is 12.8. The Hall–Kier alpha value is -3.28. The molecule has 0 saturated carbocycles. The number of benzene rings is 1. The highest BCUT2D eigenvalue weighted by Crippen LogP contribution is 2.18. The zero-order chi connectivity index (χ0) is 22.8. The maximum Gasteiger partial charge on any atom is 0.273 e. The lowest BCUT2D eigenvalue weighted by Gasteiger charge is -2.18. The predicted octanol–water partition coefficient (Wildman–Crippen LogP) is 4.39. The third-order valence-electron chi connectivity index (χ3n) is 5.04. The zero-order valence-corrected chi connectivity index (χ0v) is 19.1. The number of anilines is 1. The highest BCUT2D eigenvalue weighted by atomic mass is 16.1. The quantitative estimate of drug-likeness (QED) is 0.370. The first-order valence-corrected chi connectivity index (χ1v) is 10.8. The molecular formula is C25H35N5O. The molecule has 1 aromatic heterocycles. The van der Waals surface area contributed by atoms with Crippen molar-refractivity contribution < 1.29 is 0 Å². The van der Waals surface area contributed by atoms with Crippen molar-refractivity contribution in [3.05, 3.63) is 93.6 Å². The molecule has 0 bridgehead atoms. The van der Waals surface area contributed by atoms with Gasteiger partial charge in [-0.3, -0.25) is 4.79 Å². The van der Waals surface area contributed by atoms with Crippen LogP contribution in [0.15, 0.2) is 71.2 Å². The van der Waals surface area contributed by atoms with E-state index >= 15 is 0 Å². The van der Waals surface area contributed by atoms with Gasteiger partial charge in [-0.15, -0.1) is 0 Å². The SMILES string of the molecule is C=C/C=C(NCCc1cc(=O)n(N)c(NC(C)c2cccc(C)c2)n1)\C(C)=C/CCC. The molecule has 0 radical (unpaired) electrons. The topological polar surface area (TPSA) is 85.0 Å². The molecule has 166 valence electrons. The Labute approximate surface area is 185 Å². The molecule has 6 nitrogen and oxygen atoms in total. The van der Waals surface area contributed by atoms with E-state index in [1.807, 2.05) is 25.1 Å². The van der Waals surface area contributed by atoms with Crippen LogP contribution in [0.25, 0.3) is 0 Å². The average molecular weight is 422 g/mol. The van der Waals surface area contributed by atoms with Gasteiger partial charge < -0.3 is 16.5 Å². The summed E-state index contributed by atoms with van der Waals surface area (Å²) in [5, 5.41) is 6.69. The number of rotatable bonds is 11. The van der Waals surface area contributed by atoms with Crippen molar-refractivity contribution in [1.29, 1.82) is 0 Å². The van der Waals surface area contributed by atoms with Crippen LogP contribution in [-0.4, -0.2) is 16.2 Å². The second-order valence-corrected chi connectivity index (χ2v) is 7.73. The first-order chi connectivity index (χ1) is 14.8. The van der Waals surface area contributed by atoms with Crippen LogP contribution in [0.4, 0.5) is 5.95 Å². The summed E-state index contributed by atoms with van der Waals surface area (Å²) >= 11 is 0. The van der Waals surface area contributed by atoms with E-state index in [9.17, 15) is 4.79 Å². The number of hydrogen-bond acceptors (Lipinski definition) is 5. The Morgan fingerprint density at radius 2 is 2.13 bits per heavy atom. The van der Waals surface area contributed by atoms with Gasteiger partial charge in [0, 0.05) is 24.7 Å². The maximum atomic E-state index is 12.4. The molecule has 0 amide bonds. The lowest BCUT2D eigenvalue weighted by atomic mass is 10.1. The van der Waals surface area contributed by atoms with Gasteiger partial charge in [0.2, 0.25) is 5.95 Å². The van der Waals surface area contributed by atoms with Gasteiger partial charge in [-0.1, -0.05) is 61.9 Å². The molecule has 1 atom stereocenters. The largest absolute Gasteiger partial charge is 0.384 e. The fourth-order valence-corrected chi connectivity index (χ4v) is 3.23. The van der Waals surface area contributed by atoms with Crippen molar-refractivity contribution in [3.63, 3.8) is 0 Å². The third-order valence-corrected chi connectivity index (χ3v) is 5.04. The van der Waals surface area contributed by atoms with Crippen LogP contribution in [0.1, 0.15) is 56.5 Å². The van der Waals surface area contributed by atoms with E-state index in [-0.39, 0.29) is 11.6 Å². The first kappa shape index (κ1) is 24.0. The Bertz CT molecular complexity index is 1000. The fourth-order valence-electron chi connectivity index (χ4n) is 3.23. The van der Waals surface area contributed by atoms with Crippen LogP contribution in [0.5, 0.6) is 0 Å². The second kappa shape index (κ2) is 11.8. The Kier molecular flexibility index (Phi) is 9.13. The lowest BCUT2D eigenvalue weighted by molar-refractivity contribution is 0.752. The summed E-state index contributed by atoms with van der Waals surface area (Å²) in [4.78, 5) is 17.0. The molecule has 1 unspecified atom stereocenters. The number of nitrogens with zero attached hydrogens (tertiary/aromatic N) is 2. The summed E-state index contributed by atoms with van der Waals surface area (Å²) in [6, 6.07) is 9.66. The van der Waals surface area contributed by atoms with Gasteiger partial charge >= 0.3 is 0 Å². The van der Waals surface area contributed by atoms with E-state index in [4.69, 9.17) is 5.84 Å². The van der Waals surface area contributed by atoms with Crippen molar-refractivity contribution in [2.75, 3.05) is 17.7 Å². The van der Waals surface area contributed by atoms with Gasteiger partial charge in [-0.25, -0.2) is 4.98 Å². The van der Waals surface area contributed by atoms with Gasteiger partial charge in [0.15, 0.2) is 0 Å². The van der Waals surface area contributed by atoms with Crippen LogP contribution in [0.3, 0.4) is 0 Å². The van der Waals surface area contributed by atoms with E-state index in [1.165, 1.54) is 17.2 Å². The van der Waals surface area contributed by atoms with Crippen molar-refractivity contribution in [1.82, 2.24) is 15.0 Å². The third kappa shape index (κ3) is 7.17. The van der Waals surface area contributed by atoms with E-state index in [2.05, 4.69) is 61.2 Å². The first-order valence-electron chi connectivity index (χ1n) is 10.8. The monoisotopic (exact) mass is 421 g/mol. The minimum absolute atomic E-state index is 0.0385. The van der Waals surface area contributed by atoms with Crippen LogP contribution in [-0.2, 0) is 6.42 Å². The van der Waals surface area contributed by atoms with Gasteiger partial charge in [0.1, 0.15) is 0 Å². The molecule has 2 aromatic rings. The van der Waals surface area contributed by atoms with E-state index in [0.717, 1.165) is 28.8 Å². The molecule has 1 aromatic carbocycles. The minimum Gasteiger partial charge on any atom is -0.384 e. The van der Waals surface area contributed by atoms with Crippen molar-refractivity contribution >= 4 is 5.95 Å². The number of allylic oxidation sites excluding steroid dienone is 4. The molecule has 0 aliphatic heterocycles. The summed E-state index contributed by atoms with van der Waals surface area (Å²) in [6.07, 6.45) is 8.68. The molecule has 0 saturated heterocycles. The number of aryl methyl sites for hydroxylation is 1. The zero-order valence-electron chi connectivity index (χ0n) is 19.1. The molecule has 0 spiro atoms. The molecule has 1 heterocycles. The molecule has 0 aliphatic rings. The van der Waals surface area contributed by atoms with E-state index in [0.29, 0.717) is 24.6 Å². The number of aromatic nitrogens is 2. The normalized spacial score (nSPS) is 13.0. The Morgan fingerprint density at radius 3 is 2.81 bits per heavy atom. The molecule has 2 rings (SSSR count). The number of nitrogens with one attached hydrogen (secondary N) is 2. The summed E-state index contributed by atoms with van der Waals surface area (Å²) in [5.41, 5.74) is 4.89. The fraction of sp³-hybridized carbons (Fsp3) is 0.360. The van der Waals surface area contributed by atoms with Crippen molar-refractivity contribution in [3.8, 4) is 0 Å². The van der Waals surface area contributed by atoms with Crippen molar-refractivity contribution in [2.45, 2.75) is 53.0 Å². The number of nitrogens with two attached hydrogens (primary N) is 1. The number of nitrogen functional groups attached to an aromatic ring is 1. The van der Waals surface area contributed by atoms with Gasteiger partial charge in [-0.05, 0) is 44.4 Å². The summed E-state index contributed by atoms with van der Waals surface area (Å²) in [7, 11) is 0. The van der Waals surface area contributed by atoms with Gasteiger partial charge in [-0.2, -0.15) is 4.68 Å². The lowest BCUT2D eigenvalue weighted by Crippen LogP contribution is -2.32. The van der Waals surface area contributed by atoms with E-state index < -0.39 is 0 Å². The van der Waals surface area contributed by atoms with Crippen LogP contribution in [0.2, 0.25) is 0 Å². The highest BCUT2D eigenvalue weighted by molar-refractivity contribution is 5.35.